The van der Waals surface area contributed by atoms with Crippen molar-refractivity contribution in [3.63, 3.8) is 0 Å². The maximum atomic E-state index is 12.8. The molecular weight excluding hydrogens is 702 g/mol. The summed E-state index contributed by atoms with van der Waals surface area (Å²) in [5.74, 6) is 0. The van der Waals surface area contributed by atoms with Gasteiger partial charge in [0.1, 0.15) is 13.2 Å². The van der Waals surface area contributed by atoms with Gasteiger partial charge in [-0.25, -0.2) is 4.57 Å². The van der Waals surface area contributed by atoms with E-state index in [1.165, 1.54) is 103 Å². The number of unbranched alkanes of at least 4 members (excludes halogenated alkanes) is 17. The second kappa shape index (κ2) is 37.9. The Morgan fingerprint density at radius 1 is 0.604 bits per heavy atom. The van der Waals surface area contributed by atoms with E-state index in [0.29, 0.717) is 30.7 Å². The Balaban J connectivity index is 4.36. The Bertz CT molecular complexity index is 993. The molecule has 7 nitrogen and oxygen atoms in total. The van der Waals surface area contributed by atoms with Crippen molar-refractivity contribution in [3.05, 3.63) is 48.6 Å². The number of phosphoric acid groups is 1. The number of thioether (sulfide) groups is 1. The number of allylic oxidation sites excluding steroid dienone is 8. The van der Waals surface area contributed by atoms with Crippen LogP contribution in [-0.4, -0.2) is 73.9 Å². The van der Waals surface area contributed by atoms with Crippen LogP contribution in [0, 0.1) is 0 Å². The van der Waals surface area contributed by atoms with Crippen LogP contribution >= 0.6 is 19.6 Å². The predicted octanol–water partition coefficient (Wildman–Crippen LogP) is 13.1. The zero-order chi connectivity index (χ0) is 39.1. The highest BCUT2D eigenvalue weighted by Gasteiger charge is 2.26. The Morgan fingerprint density at radius 2 is 1.06 bits per heavy atom. The molecule has 9 heteroatoms. The maximum absolute atomic E-state index is 12.8. The van der Waals surface area contributed by atoms with Crippen molar-refractivity contribution in [2.75, 3.05) is 54.1 Å². The summed E-state index contributed by atoms with van der Waals surface area (Å²) in [6, 6.07) is 0. The van der Waals surface area contributed by atoms with Crippen LogP contribution in [0.5, 0.6) is 0 Å². The number of phosphoric ester groups is 1. The maximum Gasteiger partial charge on any atom is 0.472 e. The van der Waals surface area contributed by atoms with Crippen molar-refractivity contribution in [3.8, 4) is 0 Å². The molecule has 0 aliphatic carbocycles. The quantitative estimate of drug-likeness (QED) is 0.0288. The number of quaternary nitrogens is 1. The highest BCUT2D eigenvalue weighted by Crippen LogP contribution is 2.43. The lowest BCUT2D eigenvalue weighted by atomic mass is 10.0. The van der Waals surface area contributed by atoms with Crippen LogP contribution in [0.15, 0.2) is 48.6 Å². The summed E-state index contributed by atoms with van der Waals surface area (Å²) in [6.45, 7) is 6.03. The van der Waals surface area contributed by atoms with Crippen LogP contribution in [0.4, 0.5) is 0 Å². The molecular formula is C44H83NO6PS+. The molecule has 0 aliphatic heterocycles. The second-order valence-corrected chi connectivity index (χ2v) is 18.2. The smallest absolute Gasteiger partial charge is 0.380 e. The van der Waals surface area contributed by atoms with Crippen LogP contribution in [0.1, 0.15) is 168 Å². The molecule has 0 aromatic heterocycles. The number of carbonyl (C=O) groups excluding carboxylic acids is 1. The first-order chi connectivity index (χ1) is 25.6. The minimum absolute atomic E-state index is 0.0494. The van der Waals surface area contributed by atoms with E-state index in [0.717, 1.165) is 56.7 Å². The Labute approximate surface area is 332 Å². The van der Waals surface area contributed by atoms with Gasteiger partial charge in [-0.05, 0) is 51.4 Å². The molecule has 0 saturated carbocycles. The van der Waals surface area contributed by atoms with E-state index in [2.05, 4.69) is 62.5 Å². The van der Waals surface area contributed by atoms with Crippen molar-refractivity contribution in [2.45, 2.75) is 173 Å². The van der Waals surface area contributed by atoms with Gasteiger partial charge in [0.05, 0.1) is 39.6 Å². The average molecular weight is 785 g/mol. The normalized spacial score (nSPS) is 14.4. The number of carbonyl (C=O) groups is 1. The van der Waals surface area contributed by atoms with E-state index in [1.54, 1.807) is 0 Å². The third-order valence-corrected chi connectivity index (χ3v) is 11.0. The first-order valence-electron chi connectivity index (χ1n) is 21.4. The van der Waals surface area contributed by atoms with Crippen LogP contribution in [0.3, 0.4) is 0 Å². The van der Waals surface area contributed by atoms with E-state index in [4.69, 9.17) is 13.8 Å². The predicted molar refractivity (Wildman–Crippen MR) is 231 cm³/mol. The fourth-order valence-electron chi connectivity index (χ4n) is 5.54. The number of hydrogen-bond acceptors (Lipinski definition) is 6. The fraction of sp³-hybridized carbons (Fsp3) is 0.795. The van der Waals surface area contributed by atoms with Gasteiger partial charge in [0.25, 0.3) is 0 Å². The Morgan fingerprint density at radius 3 is 1.57 bits per heavy atom. The van der Waals surface area contributed by atoms with Gasteiger partial charge in [-0.15, -0.1) is 0 Å². The van der Waals surface area contributed by atoms with Gasteiger partial charge in [0, 0.05) is 13.0 Å². The molecule has 310 valence electrons. The monoisotopic (exact) mass is 785 g/mol. The van der Waals surface area contributed by atoms with Crippen molar-refractivity contribution < 1.29 is 32.5 Å². The zero-order valence-electron chi connectivity index (χ0n) is 35.0. The summed E-state index contributed by atoms with van der Waals surface area (Å²) in [4.78, 5) is 23.1. The topological polar surface area (TPSA) is 82.1 Å². The summed E-state index contributed by atoms with van der Waals surface area (Å²) in [5, 5.41) is -0.318. The lowest BCUT2D eigenvalue weighted by Gasteiger charge is -2.24. The van der Waals surface area contributed by atoms with Crippen molar-refractivity contribution >= 4 is 24.7 Å². The molecule has 0 aromatic rings. The standard InChI is InChI=1S/C44H82NO6PS/c1-6-8-10-12-14-16-18-20-22-23-24-25-27-29-31-33-35-37-44(46)53-43(42-51-52(47,48)50-40-38-45(3,4)5)41-49-39-36-34-32-30-28-26-21-19-17-15-13-11-9-7-2/h14,16,20,22,24-25,29,31,43H,6-13,15,17-19,21,23,26-28,30,32-42H2,1-5H3/p+1/b16-14-,22-20+,25-24-,31-29-/t43-/m1/s1. The summed E-state index contributed by atoms with van der Waals surface area (Å²) >= 11 is 1.16. The van der Waals surface area contributed by atoms with E-state index in [-0.39, 0.29) is 23.6 Å². The molecule has 0 fully saturated rings. The first-order valence-corrected chi connectivity index (χ1v) is 23.8. The minimum Gasteiger partial charge on any atom is -0.380 e. The van der Waals surface area contributed by atoms with E-state index >= 15 is 0 Å². The van der Waals surface area contributed by atoms with E-state index < -0.39 is 7.82 Å². The van der Waals surface area contributed by atoms with Gasteiger partial charge in [-0.3, -0.25) is 13.8 Å². The molecule has 0 aliphatic rings. The molecule has 0 aromatic carbocycles. The molecule has 2 atom stereocenters. The fourth-order valence-corrected chi connectivity index (χ4v) is 7.33. The van der Waals surface area contributed by atoms with Crippen LogP contribution in [-0.2, 0) is 23.1 Å². The van der Waals surface area contributed by atoms with Crippen molar-refractivity contribution in [1.82, 2.24) is 0 Å². The van der Waals surface area contributed by atoms with Gasteiger partial charge in [0.2, 0.25) is 0 Å². The number of likely N-dealkylation sites (N-methyl/N-ethyl adjacent to an activating group) is 1. The molecule has 0 spiro atoms. The largest absolute Gasteiger partial charge is 0.472 e. The first kappa shape index (κ1) is 52.0. The van der Waals surface area contributed by atoms with Crippen LogP contribution < -0.4 is 0 Å². The summed E-state index contributed by atoms with van der Waals surface area (Å²) in [7, 11) is 1.75. The average Bonchev–Trinajstić information content (AvgIpc) is 3.11. The molecule has 0 rings (SSSR count). The van der Waals surface area contributed by atoms with Gasteiger partial charge in [-0.2, -0.15) is 0 Å². The SMILES string of the molecule is CCCCC/C=C\C/C=C/C/C=C\C/C=C\CCCC(=O)S[C@H](COCCCCCCCCCCCCCCCC)COP(=O)(O)OCC[N+](C)(C)C. The molecule has 0 radical (unpaired) electrons. The highest BCUT2D eigenvalue weighted by molar-refractivity contribution is 8.14. The summed E-state index contributed by atoms with van der Waals surface area (Å²) < 4.78 is 29.6. The second-order valence-electron chi connectivity index (χ2n) is 15.4. The van der Waals surface area contributed by atoms with Crippen molar-refractivity contribution in [1.29, 1.82) is 0 Å². The Hall–Kier alpha value is -0.990. The van der Waals surface area contributed by atoms with E-state index in [9.17, 15) is 14.3 Å². The number of ether oxygens (including phenoxy) is 1. The minimum atomic E-state index is -4.22. The lowest BCUT2D eigenvalue weighted by Crippen LogP contribution is -2.37. The lowest BCUT2D eigenvalue weighted by molar-refractivity contribution is -0.870. The number of rotatable bonds is 39. The highest BCUT2D eigenvalue weighted by atomic mass is 32.2. The summed E-state index contributed by atoms with van der Waals surface area (Å²) in [6.07, 6.45) is 45.9. The van der Waals surface area contributed by atoms with Gasteiger partial charge < -0.3 is 14.1 Å². The third-order valence-electron chi connectivity index (χ3n) is 8.89. The molecule has 0 saturated heterocycles. The molecule has 53 heavy (non-hydrogen) atoms. The van der Waals surface area contributed by atoms with Gasteiger partial charge >= 0.3 is 7.82 Å². The van der Waals surface area contributed by atoms with Crippen molar-refractivity contribution in [2.24, 2.45) is 0 Å². The number of hydrogen-bond donors (Lipinski definition) is 1. The van der Waals surface area contributed by atoms with Gasteiger partial charge in [0.15, 0.2) is 5.12 Å². The van der Waals surface area contributed by atoms with Crippen LogP contribution in [0.25, 0.3) is 0 Å². The molecule has 0 heterocycles. The molecule has 0 bridgehead atoms. The number of nitrogens with zero attached hydrogens (tertiary/aromatic N) is 1. The zero-order valence-corrected chi connectivity index (χ0v) is 36.7. The molecule has 1 unspecified atom stereocenters. The van der Waals surface area contributed by atoms with Gasteiger partial charge in [-0.1, -0.05) is 171 Å². The molecule has 0 amide bonds. The van der Waals surface area contributed by atoms with E-state index in [1.807, 2.05) is 21.1 Å². The summed E-state index contributed by atoms with van der Waals surface area (Å²) in [5.41, 5.74) is 0. The Kier molecular flexibility index (Phi) is 37.2. The van der Waals surface area contributed by atoms with Crippen LogP contribution in [0.2, 0.25) is 0 Å². The third kappa shape index (κ3) is 42.0. The molecule has 1 N–H and O–H groups in total.